The zero-order valence-electron chi connectivity index (χ0n) is 8.24. The van der Waals surface area contributed by atoms with Crippen LogP contribution in [0, 0.1) is 6.92 Å². The van der Waals surface area contributed by atoms with E-state index in [0.29, 0.717) is 5.69 Å². The van der Waals surface area contributed by atoms with Crippen molar-refractivity contribution in [2.24, 2.45) is 0 Å². The zero-order valence-corrected chi connectivity index (χ0v) is 8.24. The minimum Gasteiger partial charge on any atom is -0.508 e. The number of rotatable bonds is 2. The van der Waals surface area contributed by atoms with E-state index in [2.05, 4.69) is 5.32 Å². The molecule has 0 saturated carbocycles. The van der Waals surface area contributed by atoms with Crippen molar-refractivity contribution in [1.82, 2.24) is 0 Å². The first-order chi connectivity index (χ1) is 6.63. The second kappa shape index (κ2) is 4.46. The molecule has 0 fully saturated rings. The van der Waals surface area contributed by atoms with Crippen molar-refractivity contribution in [2.75, 3.05) is 5.32 Å². The lowest BCUT2D eigenvalue weighted by molar-refractivity contribution is -0.111. The highest BCUT2D eigenvalue weighted by Crippen LogP contribution is 2.19. The van der Waals surface area contributed by atoms with Gasteiger partial charge in [-0.3, -0.25) is 4.79 Å². The number of phenols is 1. The van der Waals surface area contributed by atoms with E-state index in [1.54, 1.807) is 25.1 Å². The van der Waals surface area contributed by atoms with Crippen LogP contribution in [0.2, 0.25) is 0 Å². The number of aryl methyl sites for hydroxylation is 1. The minimum atomic E-state index is -0.165. The zero-order chi connectivity index (χ0) is 10.6. The number of aromatic hydroxyl groups is 1. The molecule has 1 aromatic rings. The first-order valence-electron chi connectivity index (χ1n) is 4.37. The lowest BCUT2D eigenvalue weighted by Crippen LogP contribution is -2.08. The van der Waals surface area contributed by atoms with Gasteiger partial charge in [0, 0.05) is 5.69 Å². The molecule has 1 rings (SSSR count). The van der Waals surface area contributed by atoms with E-state index in [9.17, 15) is 4.79 Å². The predicted octanol–water partition coefficient (Wildman–Crippen LogP) is 2.22. The number of nitrogens with one attached hydrogen (secondary N) is 1. The third kappa shape index (κ3) is 2.62. The summed E-state index contributed by atoms with van der Waals surface area (Å²) in [5.74, 6) is 0.0350. The van der Waals surface area contributed by atoms with E-state index in [-0.39, 0.29) is 11.7 Å². The number of hydrogen-bond acceptors (Lipinski definition) is 2. The Labute approximate surface area is 83.1 Å². The van der Waals surface area contributed by atoms with Crippen molar-refractivity contribution in [1.29, 1.82) is 0 Å². The SMILES string of the molecule is C/C=C/C(=O)Nc1ccc(O)cc1C. The topological polar surface area (TPSA) is 49.3 Å². The Bertz CT molecular complexity index is 370. The van der Waals surface area contributed by atoms with Gasteiger partial charge in [-0.2, -0.15) is 0 Å². The lowest BCUT2D eigenvalue weighted by atomic mass is 10.2. The number of phenolic OH excluding ortho intramolecular Hbond substituents is 1. The van der Waals surface area contributed by atoms with Crippen molar-refractivity contribution >= 4 is 11.6 Å². The number of carbonyl (C=O) groups excluding carboxylic acids is 1. The highest BCUT2D eigenvalue weighted by molar-refractivity contribution is 5.99. The van der Waals surface area contributed by atoms with Gasteiger partial charge in [-0.15, -0.1) is 0 Å². The number of amides is 1. The summed E-state index contributed by atoms with van der Waals surface area (Å²) in [5, 5.41) is 11.8. The molecule has 0 bridgehead atoms. The molecule has 0 unspecified atom stereocenters. The summed E-state index contributed by atoms with van der Waals surface area (Å²) in [6.45, 7) is 3.61. The molecule has 1 amide bonds. The molecular weight excluding hydrogens is 178 g/mol. The monoisotopic (exact) mass is 191 g/mol. The number of anilines is 1. The van der Waals surface area contributed by atoms with Gasteiger partial charge >= 0.3 is 0 Å². The summed E-state index contributed by atoms with van der Waals surface area (Å²) in [4.78, 5) is 11.2. The molecule has 0 aliphatic carbocycles. The van der Waals surface area contributed by atoms with Gasteiger partial charge in [-0.1, -0.05) is 6.08 Å². The molecule has 0 aliphatic heterocycles. The van der Waals surface area contributed by atoms with Gasteiger partial charge in [-0.05, 0) is 43.7 Å². The molecule has 0 aliphatic rings. The number of allylic oxidation sites excluding steroid dienone is 1. The summed E-state index contributed by atoms with van der Waals surface area (Å²) >= 11 is 0. The van der Waals surface area contributed by atoms with Crippen LogP contribution in [0.4, 0.5) is 5.69 Å². The molecule has 1 aromatic carbocycles. The Hall–Kier alpha value is -1.77. The van der Waals surface area contributed by atoms with Gasteiger partial charge in [0.1, 0.15) is 5.75 Å². The lowest BCUT2D eigenvalue weighted by Gasteiger charge is -2.06. The maximum absolute atomic E-state index is 11.2. The van der Waals surface area contributed by atoms with Gasteiger partial charge in [0.2, 0.25) is 5.91 Å². The molecule has 0 spiro atoms. The molecule has 0 heterocycles. The molecule has 0 radical (unpaired) electrons. The van der Waals surface area contributed by atoms with E-state index in [1.165, 1.54) is 12.1 Å². The van der Waals surface area contributed by atoms with Crippen LogP contribution in [0.25, 0.3) is 0 Å². The molecule has 14 heavy (non-hydrogen) atoms. The molecule has 0 aromatic heterocycles. The van der Waals surface area contributed by atoms with Gasteiger partial charge in [-0.25, -0.2) is 0 Å². The number of carbonyl (C=O) groups is 1. The van der Waals surface area contributed by atoms with Crippen LogP contribution < -0.4 is 5.32 Å². The molecule has 74 valence electrons. The number of hydrogen-bond donors (Lipinski definition) is 2. The summed E-state index contributed by atoms with van der Waals surface area (Å²) in [7, 11) is 0. The first kappa shape index (κ1) is 10.3. The fourth-order valence-electron chi connectivity index (χ4n) is 1.11. The van der Waals surface area contributed by atoms with Gasteiger partial charge in [0.05, 0.1) is 0 Å². The third-order valence-electron chi connectivity index (χ3n) is 1.79. The average Bonchev–Trinajstić information content (AvgIpc) is 2.10. The summed E-state index contributed by atoms with van der Waals surface area (Å²) < 4.78 is 0. The molecule has 2 N–H and O–H groups in total. The van der Waals surface area contributed by atoms with E-state index in [0.717, 1.165) is 5.56 Å². The first-order valence-corrected chi connectivity index (χ1v) is 4.37. The molecule has 3 nitrogen and oxygen atoms in total. The van der Waals surface area contributed by atoms with E-state index in [1.807, 2.05) is 6.92 Å². The van der Waals surface area contributed by atoms with Crippen LogP contribution in [0.15, 0.2) is 30.4 Å². The van der Waals surface area contributed by atoms with Crippen LogP contribution in [0.3, 0.4) is 0 Å². The smallest absolute Gasteiger partial charge is 0.248 e. The predicted molar refractivity (Wildman–Crippen MR) is 56.3 cm³/mol. The van der Waals surface area contributed by atoms with Crippen LogP contribution in [-0.2, 0) is 4.79 Å². The van der Waals surface area contributed by atoms with E-state index >= 15 is 0 Å². The average molecular weight is 191 g/mol. The minimum absolute atomic E-state index is 0.165. The van der Waals surface area contributed by atoms with Crippen molar-refractivity contribution in [3.05, 3.63) is 35.9 Å². The third-order valence-corrected chi connectivity index (χ3v) is 1.79. The van der Waals surface area contributed by atoms with Gasteiger partial charge < -0.3 is 10.4 Å². The highest BCUT2D eigenvalue weighted by atomic mass is 16.3. The molecule has 0 saturated heterocycles. The summed E-state index contributed by atoms with van der Waals surface area (Å²) in [6, 6.07) is 4.82. The quantitative estimate of drug-likeness (QED) is 0.556. The standard InChI is InChI=1S/C11H13NO2/c1-3-4-11(14)12-10-6-5-9(13)7-8(10)2/h3-7,13H,1-2H3,(H,12,14)/b4-3+. The van der Waals surface area contributed by atoms with Crippen molar-refractivity contribution in [3.8, 4) is 5.75 Å². The fraction of sp³-hybridized carbons (Fsp3) is 0.182. The van der Waals surface area contributed by atoms with Crippen LogP contribution in [-0.4, -0.2) is 11.0 Å². The Balaban J connectivity index is 2.82. The Morgan fingerprint density at radius 2 is 2.21 bits per heavy atom. The van der Waals surface area contributed by atoms with Crippen molar-refractivity contribution < 1.29 is 9.90 Å². The molecular formula is C11H13NO2. The second-order valence-corrected chi connectivity index (χ2v) is 2.99. The normalized spacial score (nSPS) is 10.4. The van der Waals surface area contributed by atoms with Crippen LogP contribution >= 0.6 is 0 Å². The van der Waals surface area contributed by atoms with Crippen LogP contribution in [0.5, 0.6) is 5.75 Å². The maximum Gasteiger partial charge on any atom is 0.248 e. The van der Waals surface area contributed by atoms with Crippen molar-refractivity contribution in [3.63, 3.8) is 0 Å². The van der Waals surface area contributed by atoms with Gasteiger partial charge in [0.25, 0.3) is 0 Å². The fourth-order valence-corrected chi connectivity index (χ4v) is 1.11. The largest absolute Gasteiger partial charge is 0.508 e. The Morgan fingerprint density at radius 1 is 1.50 bits per heavy atom. The highest BCUT2D eigenvalue weighted by Gasteiger charge is 2.01. The van der Waals surface area contributed by atoms with E-state index < -0.39 is 0 Å². The van der Waals surface area contributed by atoms with Crippen molar-refractivity contribution in [2.45, 2.75) is 13.8 Å². The second-order valence-electron chi connectivity index (χ2n) is 2.99. The molecule has 0 atom stereocenters. The Morgan fingerprint density at radius 3 is 2.79 bits per heavy atom. The van der Waals surface area contributed by atoms with E-state index in [4.69, 9.17) is 5.11 Å². The summed E-state index contributed by atoms with van der Waals surface area (Å²) in [5.41, 5.74) is 1.55. The Kier molecular flexibility index (Phi) is 3.29. The maximum atomic E-state index is 11.2. The van der Waals surface area contributed by atoms with Gasteiger partial charge in [0.15, 0.2) is 0 Å². The van der Waals surface area contributed by atoms with Crippen LogP contribution in [0.1, 0.15) is 12.5 Å². The molecule has 3 heteroatoms. The summed E-state index contributed by atoms with van der Waals surface area (Å²) in [6.07, 6.45) is 3.12. The number of benzene rings is 1.